The number of carbonyl (C=O) groups is 2. The lowest BCUT2D eigenvalue weighted by atomic mass is 9.99. The van der Waals surface area contributed by atoms with E-state index in [9.17, 15) is 9.59 Å². The van der Waals surface area contributed by atoms with Gasteiger partial charge in [0.05, 0.1) is 11.4 Å². The van der Waals surface area contributed by atoms with Crippen molar-refractivity contribution in [1.82, 2.24) is 9.80 Å². The van der Waals surface area contributed by atoms with Crippen LogP contribution in [0.5, 0.6) is 0 Å². The molecule has 0 spiro atoms. The molecule has 1 N–H and O–H groups in total. The van der Waals surface area contributed by atoms with Crippen LogP contribution in [0, 0.1) is 13.8 Å². The predicted molar refractivity (Wildman–Crippen MR) is 118 cm³/mol. The van der Waals surface area contributed by atoms with Gasteiger partial charge in [-0.1, -0.05) is 12.1 Å². The second kappa shape index (κ2) is 8.67. The monoisotopic (exact) mass is 411 g/mol. The van der Waals surface area contributed by atoms with E-state index >= 15 is 0 Å². The standard InChI is InChI=1S/C23H29N3O2S/c1-16-6-5-8-19(17(16)2)24-22(27)15-25-10-12-26(13-11-25)23(28)21-14-18-7-3-4-9-20(18)29-21/h5-6,8,14H,3-4,7,9-13,15H2,1-2H3,(H,24,27). The zero-order chi connectivity index (χ0) is 20.4. The molecule has 5 nitrogen and oxygen atoms in total. The number of fused-ring (bicyclic) bond motifs is 1. The Balaban J connectivity index is 1.29. The molecule has 0 saturated carbocycles. The molecule has 0 bridgehead atoms. The van der Waals surface area contributed by atoms with Gasteiger partial charge in [0.25, 0.3) is 5.91 Å². The summed E-state index contributed by atoms with van der Waals surface area (Å²) in [7, 11) is 0. The third kappa shape index (κ3) is 4.54. The summed E-state index contributed by atoms with van der Waals surface area (Å²) in [6, 6.07) is 8.07. The fraction of sp³-hybridized carbons (Fsp3) is 0.478. The van der Waals surface area contributed by atoms with Gasteiger partial charge in [0.15, 0.2) is 0 Å². The first kappa shape index (κ1) is 20.1. The summed E-state index contributed by atoms with van der Waals surface area (Å²) in [6.45, 7) is 7.26. The summed E-state index contributed by atoms with van der Waals surface area (Å²) in [5, 5.41) is 3.03. The molecule has 4 rings (SSSR count). The van der Waals surface area contributed by atoms with Crippen molar-refractivity contribution < 1.29 is 9.59 Å². The Morgan fingerprint density at radius 1 is 1.07 bits per heavy atom. The molecule has 2 aliphatic rings. The first-order chi connectivity index (χ1) is 14.0. The smallest absolute Gasteiger partial charge is 0.264 e. The van der Waals surface area contributed by atoms with E-state index in [1.54, 1.807) is 11.3 Å². The van der Waals surface area contributed by atoms with Crippen LogP contribution in [-0.2, 0) is 17.6 Å². The number of nitrogens with zero attached hydrogens (tertiary/aromatic N) is 2. The van der Waals surface area contributed by atoms with E-state index in [2.05, 4.69) is 16.3 Å². The van der Waals surface area contributed by atoms with Gasteiger partial charge in [-0.2, -0.15) is 0 Å². The lowest BCUT2D eigenvalue weighted by molar-refractivity contribution is -0.117. The van der Waals surface area contributed by atoms with Crippen molar-refractivity contribution in [1.29, 1.82) is 0 Å². The molecule has 2 amide bonds. The van der Waals surface area contributed by atoms with Gasteiger partial charge in [0, 0.05) is 36.7 Å². The second-order valence-electron chi connectivity index (χ2n) is 8.13. The van der Waals surface area contributed by atoms with Crippen LogP contribution < -0.4 is 5.32 Å². The number of hydrogen-bond donors (Lipinski definition) is 1. The summed E-state index contributed by atoms with van der Waals surface area (Å²) < 4.78 is 0. The van der Waals surface area contributed by atoms with Crippen molar-refractivity contribution in [2.75, 3.05) is 38.0 Å². The number of nitrogens with one attached hydrogen (secondary N) is 1. The molecule has 0 unspecified atom stereocenters. The lowest BCUT2D eigenvalue weighted by Gasteiger charge is -2.34. The molecule has 1 aromatic carbocycles. The quantitative estimate of drug-likeness (QED) is 0.836. The molecule has 1 aliphatic heterocycles. The molecule has 1 aromatic heterocycles. The molecule has 0 atom stereocenters. The van der Waals surface area contributed by atoms with Crippen molar-refractivity contribution in [2.24, 2.45) is 0 Å². The van der Waals surface area contributed by atoms with E-state index in [1.165, 1.54) is 28.8 Å². The van der Waals surface area contributed by atoms with Crippen molar-refractivity contribution in [3.8, 4) is 0 Å². The zero-order valence-electron chi connectivity index (χ0n) is 17.3. The third-order valence-electron chi connectivity index (χ3n) is 6.11. The Bertz CT molecular complexity index is 889. The zero-order valence-corrected chi connectivity index (χ0v) is 18.1. The van der Waals surface area contributed by atoms with Gasteiger partial charge in [0.2, 0.25) is 5.91 Å². The topological polar surface area (TPSA) is 52.7 Å². The molecule has 154 valence electrons. The van der Waals surface area contributed by atoms with Crippen molar-refractivity contribution in [3.63, 3.8) is 0 Å². The normalized spacial score (nSPS) is 17.1. The lowest BCUT2D eigenvalue weighted by Crippen LogP contribution is -2.50. The number of benzene rings is 1. The fourth-order valence-corrected chi connectivity index (χ4v) is 5.36. The number of carbonyl (C=O) groups excluding carboxylic acids is 2. The van der Waals surface area contributed by atoms with Gasteiger partial charge in [0.1, 0.15) is 0 Å². The van der Waals surface area contributed by atoms with E-state index in [0.717, 1.165) is 42.1 Å². The summed E-state index contributed by atoms with van der Waals surface area (Å²) in [5.74, 6) is 0.160. The highest BCUT2D eigenvalue weighted by Gasteiger charge is 2.26. The molecule has 2 aromatic rings. The number of piperazine rings is 1. The van der Waals surface area contributed by atoms with Crippen LogP contribution >= 0.6 is 11.3 Å². The van der Waals surface area contributed by atoms with Gasteiger partial charge in [-0.05, 0) is 68.4 Å². The minimum Gasteiger partial charge on any atom is -0.335 e. The maximum Gasteiger partial charge on any atom is 0.264 e. The molecular formula is C23H29N3O2S. The highest BCUT2D eigenvalue weighted by molar-refractivity contribution is 7.14. The maximum absolute atomic E-state index is 12.9. The van der Waals surface area contributed by atoms with Crippen LogP contribution in [0.2, 0.25) is 0 Å². The van der Waals surface area contributed by atoms with E-state index in [-0.39, 0.29) is 11.8 Å². The number of hydrogen-bond acceptors (Lipinski definition) is 4. The van der Waals surface area contributed by atoms with Crippen LogP contribution in [0.1, 0.15) is 44.1 Å². The summed E-state index contributed by atoms with van der Waals surface area (Å²) in [5.41, 5.74) is 4.54. The molecule has 1 fully saturated rings. The van der Waals surface area contributed by atoms with Crippen molar-refractivity contribution in [3.05, 3.63) is 50.7 Å². The number of amides is 2. The number of rotatable bonds is 4. The molecule has 0 radical (unpaired) electrons. The van der Waals surface area contributed by atoms with Gasteiger partial charge in [-0.25, -0.2) is 0 Å². The summed E-state index contributed by atoms with van der Waals surface area (Å²) in [4.78, 5) is 31.7. The average Bonchev–Trinajstić information content (AvgIpc) is 3.16. The minimum absolute atomic E-state index is 0.00408. The Morgan fingerprint density at radius 3 is 2.59 bits per heavy atom. The van der Waals surface area contributed by atoms with E-state index in [4.69, 9.17) is 0 Å². The van der Waals surface area contributed by atoms with Crippen LogP contribution in [0.4, 0.5) is 5.69 Å². The van der Waals surface area contributed by atoms with Crippen LogP contribution in [0.3, 0.4) is 0 Å². The van der Waals surface area contributed by atoms with Crippen LogP contribution in [-0.4, -0.2) is 54.3 Å². The highest BCUT2D eigenvalue weighted by Crippen LogP contribution is 2.30. The fourth-order valence-electron chi connectivity index (χ4n) is 4.14. The molecule has 29 heavy (non-hydrogen) atoms. The second-order valence-corrected chi connectivity index (χ2v) is 9.27. The van der Waals surface area contributed by atoms with E-state index in [0.29, 0.717) is 19.6 Å². The number of aryl methyl sites for hydroxylation is 3. The van der Waals surface area contributed by atoms with E-state index < -0.39 is 0 Å². The Morgan fingerprint density at radius 2 is 1.83 bits per heavy atom. The summed E-state index contributed by atoms with van der Waals surface area (Å²) >= 11 is 1.68. The largest absolute Gasteiger partial charge is 0.335 e. The Hall–Kier alpha value is -2.18. The van der Waals surface area contributed by atoms with Gasteiger partial charge in [-0.15, -0.1) is 11.3 Å². The van der Waals surface area contributed by atoms with Crippen LogP contribution in [0.15, 0.2) is 24.3 Å². The van der Waals surface area contributed by atoms with Crippen LogP contribution in [0.25, 0.3) is 0 Å². The minimum atomic E-state index is 0.00408. The van der Waals surface area contributed by atoms with Gasteiger partial charge in [-0.3, -0.25) is 14.5 Å². The summed E-state index contributed by atoms with van der Waals surface area (Å²) in [6.07, 6.45) is 4.71. The Kier molecular flexibility index (Phi) is 6.01. The van der Waals surface area contributed by atoms with Gasteiger partial charge < -0.3 is 10.2 Å². The predicted octanol–water partition coefficient (Wildman–Crippen LogP) is 3.64. The third-order valence-corrected chi connectivity index (χ3v) is 7.34. The molecular weight excluding hydrogens is 382 g/mol. The average molecular weight is 412 g/mol. The first-order valence-corrected chi connectivity index (χ1v) is 11.3. The van der Waals surface area contributed by atoms with E-state index in [1.807, 2.05) is 36.9 Å². The van der Waals surface area contributed by atoms with Crippen molar-refractivity contribution in [2.45, 2.75) is 39.5 Å². The molecule has 6 heteroatoms. The number of anilines is 1. The van der Waals surface area contributed by atoms with Crippen molar-refractivity contribution >= 4 is 28.8 Å². The molecule has 2 heterocycles. The molecule has 1 aliphatic carbocycles. The maximum atomic E-state index is 12.9. The molecule has 1 saturated heterocycles. The highest BCUT2D eigenvalue weighted by atomic mass is 32.1. The van der Waals surface area contributed by atoms with Gasteiger partial charge >= 0.3 is 0 Å². The SMILES string of the molecule is Cc1cccc(NC(=O)CN2CCN(C(=O)c3cc4c(s3)CCCC4)CC2)c1C. The number of thiophene rings is 1. The Labute approximate surface area is 176 Å². The first-order valence-electron chi connectivity index (χ1n) is 10.5.